The predicted molar refractivity (Wildman–Crippen MR) is 90.9 cm³/mol. The molecule has 0 unspecified atom stereocenters. The van der Waals surface area contributed by atoms with Crippen LogP contribution in [-0.4, -0.2) is 43.6 Å². The lowest BCUT2D eigenvalue weighted by Crippen LogP contribution is -2.39. The van der Waals surface area contributed by atoms with Gasteiger partial charge >= 0.3 is 0 Å². The highest BCUT2D eigenvalue weighted by Crippen LogP contribution is 2.18. The van der Waals surface area contributed by atoms with E-state index in [0.717, 1.165) is 39.0 Å². The molecular formula is C17H23N5O2. The van der Waals surface area contributed by atoms with Gasteiger partial charge in [-0.3, -0.25) is 19.1 Å². The molecule has 2 aromatic heterocycles. The van der Waals surface area contributed by atoms with E-state index in [-0.39, 0.29) is 11.1 Å². The van der Waals surface area contributed by atoms with Crippen molar-refractivity contribution in [3.63, 3.8) is 0 Å². The molecule has 0 spiro atoms. The molecule has 0 aliphatic carbocycles. The van der Waals surface area contributed by atoms with Crippen LogP contribution in [0.25, 0.3) is 0 Å². The first-order valence-corrected chi connectivity index (χ1v) is 8.37. The first-order chi connectivity index (χ1) is 11.6. The van der Waals surface area contributed by atoms with Crippen molar-refractivity contribution >= 4 is 0 Å². The van der Waals surface area contributed by atoms with Crippen molar-refractivity contribution in [1.29, 1.82) is 0 Å². The molecule has 2 aromatic rings. The Morgan fingerprint density at radius 3 is 2.62 bits per heavy atom. The zero-order chi connectivity index (χ0) is 16.9. The van der Waals surface area contributed by atoms with Crippen molar-refractivity contribution in [2.45, 2.75) is 32.9 Å². The van der Waals surface area contributed by atoms with Crippen molar-refractivity contribution in [2.75, 3.05) is 19.6 Å². The lowest BCUT2D eigenvalue weighted by atomic mass is 9.96. The van der Waals surface area contributed by atoms with Gasteiger partial charge in [0.2, 0.25) is 0 Å². The van der Waals surface area contributed by atoms with E-state index in [4.69, 9.17) is 0 Å². The molecule has 3 rings (SSSR count). The third-order valence-electron chi connectivity index (χ3n) is 4.69. The van der Waals surface area contributed by atoms with Gasteiger partial charge in [0.15, 0.2) is 0 Å². The summed E-state index contributed by atoms with van der Waals surface area (Å²) in [6.45, 7) is 6.09. The van der Waals surface area contributed by atoms with Crippen LogP contribution >= 0.6 is 0 Å². The van der Waals surface area contributed by atoms with Crippen LogP contribution in [-0.2, 0) is 13.1 Å². The minimum atomic E-state index is -0.0568. The summed E-state index contributed by atoms with van der Waals surface area (Å²) in [4.78, 5) is 34.0. The Morgan fingerprint density at radius 2 is 1.88 bits per heavy atom. The molecule has 0 atom stereocenters. The molecule has 1 aliphatic heterocycles. The molecule has 24 heavy (non-hydrogen) atoms. The van der Waals surface area contributed by atoms with E-state index in [9.17, 15) is 9.59 Å². The summed E-state index contributed by atoms with van der Waals surface area (Å²) in [7, 11) is 0. The van der Waals surface area contributed by atoms with Crippen molar-refractivity contribution in [3.05, 3.63) is 57.4 Å². The highest BCUT2D eigenvalue weighted by Gasteiger charge is 2.20. The molecule has 0 saturated carbocycles. The highest BCUT2D eigenvalue weighted by atomic mass is 16.1. The second-order valence-corrected chi connectivity index (χ2v) is 6.43. The van der Waals surface area contributed by atoms with Gasteiger partial charge in [-0.2, -0.15) is 0 Å². The predicted octanol–water partition coefficient (Wildman–Crippen LogP) is 0.521. The average Bonchev–Trinajstić information content (AvgIpc) is 2.59. The molecule has 1 fully saturated rings. The van der Waals surface area contributed by atoms with Crippen LogP contribution in [0.1, 0.15) is 18.4 Å². The van der Waals surface area contributed by atoms with Gasteiger partial charge in [0.1, 0.15) is 0 Å². The van der Waals surface area contributed by atoms with Crippen LogP contribution < -0.4 is 11.1 Å². The summed E-state index contributed by atoms with van der Waals surface area (Å²) in [6.07, 6.45) is 10.1. The third-order valence-corrected chi connectivity index (χ3v) is 4.69. The van der Waals surface area contributed by atoms with E-state index >= 15 is 0 Å². The smallest absolute Gasteiger partial charge is 0.269 e. The Hall–Kier alpha value is -2.28. The summed E-state index contributed by atoms with van der Waals surface area (Å²) >= 11 is 0. The van der Waals surface area contributed by atoms with Gasteiger partial charge in [-0.1, -0.05) is 0 Å². The fourth-order valence-electron chi connectivity index (χ4n) is 3.17. The molecule has 1 saturated heterocycles. The zero-order valence-corrected chi connectivity index (χ0v) is 14.0. The Kier molecular flexibility index (Phi) is 5.20. The monoisotopic (exact) mass is 329 g/mol. The molecule has 1 aliphatic rings. The fraction of sp³-hybridized carbons (Fsp3) is 0.529. The van der Waals surface area contributed by atoms with Crippen molar-refractivity contribution in [3.8, 4) is 0 Å². The van der Waals surface area contributed by atoms with E-state index in [1.54, 1.807) is 41.0 Å². The molecule has 0 radical (unpaired) electrons. The second-order valence-electron chi connectivity index (χ2n) is 6.43. The minimum Gasteiger partial charge on any atom is -0.311 e. The number of hydrogen-bond acceptors (Lipinski definition) is 5. The van der Waals surface area contributed by atoms with Crippen LogP contribution in [0.4, 0.5) is 0 Å². The van der Waals surface area contributed by atoms with E-state index in [0.29, 0.717) is 18.0 Å². The van der Waals surface area contributed by atoms with Crippen LogP contribution in [0.5, 0.6) is 0 Å². The fourth-order valence-corrected chi connectivity index (χ4v) is 3.17. The van der Waals surface area contributed by atoms with Crippen LogP contribution in [0.2, 0.25) is 0 Å². The van der Waals surface area contributed by atoms with E-state index < -0.39 is 0 Å². The maximum absolute atomic E-state index is 12.1. The summed E-state index contributed by atoms with van der Waals surface area (Å²) in [5, 5.41) is 0. The average molecular weight is 329 g/mol. The first kappa shape index (κ1) is 16.6. The topological polar surface area (TPSA) is 73.0 Å². The molecule has 3 heterocycles. The van der Waals surface area contributed by atoms with Gasteiger partial charge in [0.25, 0.3) is 11.1 Å². The van der Waals surface area contributed by atoms with Gasteiger partial charge in [0, 0.05) is 43.8 Å². The highest BCUT2D eigenvalue weighted by molar-refractivity contribution is 5.00. The number of rotatable bonds is 5. The largest absolute Gasteiger partial charge is 0.311 e. The second kappa shape index (κ2) is 7.53. The zero-order valence-electron chi connectivity index (χ0n) is 14.0. The number of nitrogens with zero attached hydrogens (tertiary/aromatic N) is 5. The van der Waals surface area contributed by atoms with Gasteiger partial charge in [-0.05, 0) is 38.8 Å². The van der Waals surface area contributed by atoms with E-state index in [2.05, 4.69) is 14.9 Å². The maximum atomic E-state index is 12.1. The lowest BCUT2D eigenvalue weighted by Gasteiger charge is -2.32. The lowest BCUT2D eigenvalue weighted by molar-refractivity contribution is 0.167. The van der Waals surface area contributed by atoms with Gasteiger partial charge in [0.05, 0.1) is 12.5 Å². The Labute approximate surface area is 140 Å². The van der Waals surface area contributed by atoms with Crippen molar-refractivity contribution in [2.24, 2.45) is 5.92 Å². The molecule has 7 heteroatoms. The summed E-state index contributed by atoms with van der Waals surface area (Å²) in [5.41, 5.74) is 0.695. The molecule has 0 bridgehead atoms. The Bertz CT molecular complexity index is 790. The SMILES string of the molecule is Cc1cncn(CC2CCN(CCn3ccncc3=O)CC2)c1=O. The standard InChI is InChI=1S/C17H23N5O2/c1-14-10-19-13-22(17(14)24)12-15-2-5-20(6-3-15)8-9-21-7-4-18-11-16(21)23/h4,7,10-11,13,15H,2-3,5-6,8-9,12H2,1H3. The maximum Gasteiger partial charge on any atom is 0.269 e. The number of hydrogen-bond donors (Lipinski definition) is 0. The summed E-state index contributed by atoms with van der Waals surface area (Å²) in [5.74, 6) is 0.506. The molecular weight excluding hydrogens is 306 g/mol. The first-order valence-electron chi connectivity index (χ1n) is 8.37. The van der Waals surface area contributed by atoms with Crippen LogP contribution in [0.3, 0.4) is 0 Å². The van der Waals surface area contributed by atoms with Gasteiger partial charge < -0.3 is 9.47 Å². The van der Waals surface area contributed by atoms with Crippen LogP contribution in [0.15, 0.2) is 40.7 Å². The number of piperidine rings is 1. The van der Waals surface area contributed by atoms with Crippen LogP contribution in [0, 0.1) is 12.8 Å². The van der Waals surface area contributed by atoms with Gasteiger partial charge in [-0.25, -0.2) is 4.98 Å². The Morgan fingerprint density at radius 1 is 1.08 bits per heavy atom. The number of aryl methyl sites for hydroxylation is 1. The Balaban J connectivity index is 1.49. The summed E-state index contributed by atoms with van der Waals surface area (Å²) < 4.78 is 3.42. The van der Waals surface area contributed by atoms with E-state index in [1.807, 2.05) is 0 Å². The molecule has 0 N–H and O–H groups in total. The number of likely N-dealkylation sites (tertiary alicyclic amines) is 1. The van der Waals surface area contributed by atoms with Crippen molar-refractivity contribution < 1.29 is 0 Å². The normalized spacial score (nSPS) is 16.4. The van der Waals surface area contributed by atoms with Gasteiger partial charge in [-0.15, -0.1) is 0 Å². The third kappa shape index (κ3) is 3.97. The summed E-state index contributed by atoms with van der Waals surface area (Å²) in [6, 6.07) is 0. The number of aromatic nitrogens is 4. The molecule has 0 aromatic carbocycles. The quantitative estimate of drug-likeness (QED) is 0.800. The molecule has 0 amide bonds. The van der Waals surface area contributed by atoms with Crippen molar-refractivity contribution in [1.82, 2.24) is 24.0 Å². The minimum absolute atomic E-state index is 0.0568. The molecule has 7 nitrogen and oxygen atoms in total. The molecule has 128 valence electrons. The van der Waals surface area contributed by atoms with E-state index in [1.165, 1.54) is 6.20 Å².